The molecular formula is C25H22F3N5O. The van der Waals surface area contributed by atoms with Crippen molar-refractivity contribution in [1.29, 1.82) is 0 Å². The fraction of sp³-hybridized carbons (Fsp3) is 0.200. The summed E-state index contributed by atoms with van der Waals surface area (Å²) in [6.07, 6.45) is 7.07. The highest BCUT2D eigenvalue weighted by atomic mass is 19.3. The van der Waals surface area contributed by atoms with E-state index in [1.807, 2.05) is 17.8 Å². The topological polar surface area (TPSA) is 72.7 Å². The Kier molecular flexibility index (Phi) is 6.45. The molecule has 2 aromatic carbocycles. The fourth-order valence-electron chi connectivity index (χ4n) is 3.43. The smallest absolute Gasteiger partial charge is 0.270 e. The number of carbonyl (C=O) groups excluding carboxylic acids is 1. The van der Waals surface area contributed by atoms with Crippen molar-refractivity contribution in [1.82, 2.24) is 19.5 Å². The van der Waals surface area contributed by atoms with Gasteiger partial charge < -0.3 is 9.88 Å². The predicted molar refractivity (Wildman–Crippen MR) is 122 cm³/mol. The number of halogens is 3. The number of rotatable bonds is 7. The zero-order valence-electron chi connectivity index (χ0n) is 18.6. The van der Waals surface area contributed by atoms with Crippen molar-refractivity contribution in [2.45, 2.75) is 25.7 Å². The first-order valence-corrected chi connectivity index (χ1v) is 10.5. The molecule has 174 valence electrons. The number of hydrogen-bond acceptors (Lipinski definition) is 4. The first kappa shape index (κ1) is 23.2. The molecule has 4 rings (SSSR count). The van der Waals surface area contributed by atoms with Gasteiger partial charge in [-0.05, 0) is 29.3 Å². The number of benzene rings is 2. The third kappa shape index (κ3) is 5.67. The van der Waals surface area contributed by atoms with Crippen LogP contribution >= 0.6 is 0 Å². The van der Waals surface area contributed by atoms with Crippen molar-refractivity contribution in [3.63, 3.8) is 0 Å². The minimum atomic E-state index is -3.02. The molecule has 0 aliphatic rings. The van der Waals surface area contributed by atoms with Crippen molar-refractivity contribution in [3.8, 4) is 11.1 Å². The molecular weight excluding hydrogens is 443 g/mol. The lowest BCUT2D eigenvalue weighted by molar-refractivity contribution is -0.115. The molecule has 1 amide bonds. The quantitative estimate of drug-likeness (QED) is 0.421. The molecule has 0 saturated heterocycles. The van der Waals surface area contributed by atoms with E-state index in [0.717, 1.165) is 12.6 Å². The summed E-state index contributed by atoms with van der Waals surface area (Å²) in [5.74, 6) is -3.49. The lowest BCUT2D eigenvalue weighted by Crippen LogP contribution is -2.16. The van der Waals surface area contributed by atoms with Gasteiger partial charge in [0.05, 0.1) is 24.9 Å². The van der Waals surface area contributed by atoms with Crippen LogP contribution < -0.4 is 5.32 Å². The van der Waals surface area contributed by atoms with Gasteiger partial charge in [0.1, 0.15) is 11.6 Å². The fourth-order valence-corrected chi connectivity index (χ4v) is 3.43. The number of nitrogens with zero attached hydrogens (tertiary/aromatic N) is 4. The second-order valence-electron chi connectivity index (χ2n) is 8.10. The highest BCUT2D eigenvalue weighted by molar-refractivity contribution is 5.92. The number of aromatic nitrogens is 4. The molecule has 0 atom stereocenters. The Balaban J connectivity index is 1.41. The number of carbonyl (C=O) groups is 1. The van der Waals surface area contributed by atoms with Crippen LogP contribution in [0.5, 0.6) is 0 Å². The van der Waals surface area contributed by atoms with Crippen LogP contribution in [0.1, 0.15) is 29.6 Å². The van der Waals surface area contributed by atoms with E-state index in [1.165, 1.54) is 36.4 Å². The average Bonchev–Trinajstić information content (AvgIpc) is 3.20. The van der Waals surface area contributed by atoms with E-state index in [0.29, 0.717) is 23.4 Å². The van der Waals surface area contributed by atoms with Crippen LogP contribution in [0.15, 0.2) is 67.4 Å². The van der Waals surface area contributed by atoms with Crippen LogP contribution in [0.2, 0.25) is 0 Å². The first-order chi connectivity index (χ1) is 16.2. The van der Waals surface area contributed by atoms with Crippen LogP contribution in [-0.4, -0.2) is 25.4 Å². The molecule has 0 saturated carbocycles. The van der Waals surface area contributed by atoms with E-state index in [9.17, 15) is 18.0 Å². The Morgan fingerprint density at radius 2 is 1.82 bits per heavy atom. The molecule has 0 bridgehead atoms. The lowest BCUT2D eigenvalue weighted by Gasteiger charge is -2.13. The van der Waals surface area contributed by atoms with E-state index >= 15 is 0 Å². The van der Waals surface area contributed by atoms with Crippen LogP contribution in [0.25, 0.3) is 11.1 Å². The Bertz CT molecular complexity index is 1310. The van der Waals surface area contributed by atoms with Gasteiger partial charge in [0.2, 0.25) is 5.91 Å². The van der Waals surface area contributed by atoms with Crippen LogP contribution in [0, 0.1) is 5.82 Å². The second kappa shape index (κ2) is 9.46. The standard InChI is InChI=1S/C25H22F3N5O/c1-25(27,28)19-4-3-5-20(10-19)32-24(34)9-17-7-6-16(8-22(17)26)18-12-29-23(30-13-18)11-21-14-33(2)15-31-21/h3-8,10,12-15H,9,11H2,1-2H3,(H,32,34). The van der Waals surface area contributed by atoms with Gasteiger partial charge in [0.15, 0.2) is 0 Å². The Hall–Kier alpha value is -4.01. The Labute approximate surface area is 194 Å². The molecule has 2 aromatic heterocycles. The molecule has 0 radical (unpaired) electrons. The summed E-state index contributed by atoms with van der Waals surface area (Å²) in [6, 6.07) is 9.94. The summed E-state index contributed by atoms with van der Waals surface area (Å²) >= 11 is 0. The van der Waals surface area contributed by atoms with Gasteiger partial charge in [-0.15, -0.1) is 0 Å². The monoisotopic (exact) mass is 465 g/mol. The van der Waals surface area contributed by atoms with E-state index < -0.39 is 17.6 Å². The van der Waals surface area contributed by atoms with E-state index in [2.05, 4.69) is 20.3 Å². The number of amides is 1. The molecule has 4 aromatic rings. The summed E-state index contributed by atoms with van der Waals surface area (Å²) in [4.78, 5) is 25.3. The van der Waals surface area contributed by atoms with Crippen LogP contribution in [-0.2, 0) is 30.6 Å². The van der Waals surface area contributed by atoms with Gasteiger partial charge in [-0.3, -0.25) is 4.79 Å². The molecule has 9 heteroatoms. The summed E-state index contributed by atoms with van der Waals surface area (Å²) in [7, 11) is 1.88. The maximum Gasteiger partial charge on any atom is 0.270 e. The van der Waals surface area contributed by atoms with E-state index in [1.54, 1.807) is 24.8 Å². The molecule has 34 heavy (non-hydrogen) atoms. The molecule has 0 unspecified atom stereocenters. The summed E-state index contributed by atoms with van der Waals surface area (Å²) in [5, 5.41) is 2.54. The molecule has 0 fully saturated rings. The molecule has 6 nitrogen and oxygen atoms in total. The van der Waals surface area contributed by atoms with Crippen LogP contribution in [0.4, 0.5) is 18.9 Å². The SMILES string of the molecule is Cn1cnc(Cc2ncc(-c3ccc(CC(=O)Nc4cccc(C(C)(F)F)c4)c(F)c3)cn2)c1. The van der Waals surface area contributed by atoms with Gasteiger partial charge in [-0.2, -0.15) is 0 Å². The third-order valence-electron chi connectivity index (χ3n) is 5.19. The van der Waals surface area contributed by atoms with Crippen molar-refractivity contribution in [3.05, 3.63) is 95.8 Å². The number of hydrogen-bond donors (Lipinski definition) is 1. The number of aryl methyl sites for hydroxylation is 1. The Morgan fingerprint density at radius 1 is 1.06 bits per heavy atom. The van der Waals surface area contributed by atoms with Crippen molar-refractivity contribution >= 4 is 11.6 Å². The highest BCUT2D eigenvalue weighted by Gasteiger charge is 2.24. The van der Waals surface area contributed by atoms with Gasteiger partial charge in [-0.1, -0.05) is 24.3 Å². The normalized spacial score (nSPS) is 11.4. The minimum absolute atomic E-state index is 0.186. The van der Waals surface area contributed by atoms with Crippen molar-refractivity contribution in [2.75, 3.05) is 5.32 Å². The Morgan fingerprint density at radius 3 is 2.47 bits per heavy atom. The number of anilines is 1. The molecule has 0 aliphatic carbocycles. The maximum atomic E-state index is 14.7. The molecule has 0 aliphatic heterocycles. The number of nitrogens with one attached hydrogen (secondary N) is 1. The highest BCUT2D eigenvalue weighted by Crippen LogP contribution is 2.28. The lowest BCUT2D eigenvalue weighted by atomic mass is 10.0. The van der Waals surface area contributed by atoms with Gasteiger partial charge >= 0.3 is 0 Å². The molecule has 1 N–H and O–H groups in total. The third-order valence-corrected chi connectivity index (χ3v) is 5.19. The number of imidazole rings is 1. The largest absolute Gasteiger partial charge is 0.340 e. The first-order valence-electron chi connectivity index (χ1n) is 10.5. The van der Waals surface area contributed by atoms with Gasteiger partial charge in [-0.25, -0.2) is 28.1 Å². The summed E-state index contributed by atoms with van der Waals surface area (Å²) < 4.78 is 43.5. The number of alkyl halides is 2. The van der Waals surface area contributed by atoms with Gasteiger partial charge in [0.25, 0.3) is 5.92 Å². The van der Waals surface area contributed by atoms with Crippen molar-refractivity contribution in [2.24, 2.45) is 7.05 Å². The molecule has 2 heterocycles. The van der Waals surface area contributed by atoms with Crippen LogP contribution in [0.3, 0.4) is 0 Å². The zero-order chi connectivity index (χ0) is 24.3. The van der Waals surface area contributed by atoms with E-state index in [-0.39, 0.29) is 23.2 Å². The van der Waals surface area contributed by atoms with Crippen molar-refractivity contribution < 1.29 is 18.0 Å². The predicted octanol–water partition coefficient (Wildman–Crippen LogP) is 4.90. The maximum absolute atomic E-state index is 14.7. The summed E-state index contributed by atoms with van der Waals surface area (Å²) in [5.41, 5.74) is 2.25. The molecule has 0 spiro atoms. The summed E-state index contributed by atoms with van der Waals surface area (Å²) in [6.45, 7) is 0.782. The zero-order valence-corrected chi connectivity index (χ0v) is 18.6. The van der Waals surface area contributed by atoms with E-state index in [4.69, 9.17) is 0 Å². The van der Waals surface area contributed by atoms with Gasteiger partial charge in [0, 0.05) is 49.4 Å². The second-order valence-corrected chi connectivity index (χ2v) is 8.10. The minimum Gasteiger partial charge on any atom is -0.340 e. The average molecular weight is 465 g/mol.